The minimum atomic E-state index is 0.0926. The molecule has 5 heteroatoms. The summed E-state index contributed by atoms with van der Waals surface area (Å²) >= 11 is 0. The third-order valence-electron chi connectivity index (χ3n) is 4.57. The van der Waals surface area contributed by atoms with Crippen LogP contribution in [0.2, 0.25) is 0 Å². The molecule has 0 unspecified atom stereocenters. The number of hydrogen-bond acceptors (Lipinski definition) is 3. The molecule has 0 saturated carbocycles. The van der Waals surface area contributed by atoms with Crippen molar-refractivity contribution in [1.82, 2.24) is 9.80 Å². The number of carbonyl (C=O) groups is 1. The summed E-state index contributed by atoms with van der Waals surface area (Å²) in [5.74, 6) is 0. The molecule has 1 fully saturated rings. The van der Waals surface area contributed by atoms with Gasteiger partial charge < -0.3 is 20.0 Å². The molecule has 1 aliphatic rings. The highest BCUT2D eigenvalue weighted by atomic mass is 16.2. The number of piperazine rings is 1. The van der Waals surface area contributed by atoms with Gasteiger partial charge in [-0.3, -0.25) is 0 Å². The lowest BCUT2D eigenvalue weighted by Crippen LogP contribution is -2.51. The van der Waals surface area contributed by atoms with Crippen molar-refractivity contribution in [3.63, 3.8) is 0 Å². The summed E-state index contributed by atoms with van der Waals surface area (Å²) in [6.07, 6.45) is 0. The van der Waals surface area contributed by atoms with Crippen molar-refractivity contribution in [2.45, 2.75) is 6.92 Å². The van der Waals surface area contributed by atoms with E-state index in [0.29, 0.717) is 0 Å². The summed E-state index contributed by atoms with van der Waals surface area (Å²) in [7, 11) is 3.60. The first-order valence-electron chi connectivity index (χ1n) is 8.68. The molecular weight excluding hydrogens is 312 g/mol. The Morgan fingerprint density at radius 3 is 2.32 bits per heavy atom. The van der Waals surface area contributed by atoms with E-state index in [-0.39, 0.29) is 6.03 Å². The Morgan fingerprint density at radius 1 is 1.00 bits per heavy atom. The van der Waals surface area contributed by atoms with Crippen molar-refractivity contribution in [3.8, 4) is 0 Å². The predicted molar refractivity (Wildman–Crippen MR) is 104 cm³/mol. The van der Waals surface area contributed by atoms with E-state index in [1.165, 1.54) is 11.3 Å². The quantitative estimate of drug-likeness (QED) is 0.930. The highest BCUT2D eigenvalue weighted by Gasteiger charge is 2.22. The van der Waals surface area contributed by atoms with Gasteiger partial charge >= 0.3 is 6.03 Å². The first kappa shape index (κ1) is 17.1. The summed E-state index contributed by atoms with van der Waals surface area (Å²) in [6.45, 7) is 5.34. The van der Waals surface area contributed by atoms with Gasteiger partial charge in [-0.25, -0.2) is 4.79 Å². The molecule has 0 aromatic heterocycles. The van der Waals surface area contributed by atoms with Crippen LogP contribution in [-0.2, 0) is 0 Å². The van der Waals surface area contributed by atoms with Gasteiger partial charge in [0.25, 0.3) is 0 Å². The number of rotatable bonds is 3. The van der Waals surface area contributed by atoms with Crippen molar-refractivity contribution in [2.24, 2.45) is 0 Å². The fourth-order valence-corrected chi connectivity index (χ4v) is 3.06. The van der Waals surface area contributed by atoms with Crippen LogP contribution in [0.1, 0.15) is 5.56 Å². The van der Waals surface area contributed by atoms with Gasteiger partial charge in [0.1, 0.15) is 0 Å². The number of aryl methyl sites for hydroxylation is 1. The molecule has 25 heavy (non-hydrogen) atoms. The Balaban J connectivity index is 1.70. The molecule has 0 spiro atoms. The van der Waals surface area contributed by atoms with E-state index < -0.39 is 0 Å². The van der Waals surface area contributed by atoms with Crippen LogP contribution in [0.15, 0.2) is 48.5 Å². The number of para-hydroxylation sites is 1. The first-order chi connectivity index (χ1) is 12.0. The number of nitrogens with zero attached hydrogens (tertiary/aromatic N) is 3. The zero-order valence-corrected chi connectivity index (χ0v) is 15.2. The van der Waals surface area contributed by atoms with Crippen LogP contribution in [0.25, 0.3) is 0 Å². The molecule has 0 aliphatic carbocycles. The van der Waals surface area contributed by atoms with Crippen LogP contribution in [0.4, 0.5) is 21.9 Å². The molecule has 0 radical (unpaired) electrons. The maximum Gasteiger partial charge on any atom is 0.319 e. The van der Waals surface area contributed by atoms with E-state index in [1.54, 1.807) is 19.0 Å². The van der Waals surface area contributed by atoms with Crippen molar-refractivity contribution < 1.29 is 4.79 Å². The molecular formula is C20H26N4O. The van der Waals surface area contributed by atoms with E-state index in [0.717, 1.165) is 37.6 Å². The van der Waals surface area contributed by atoms with Crippen LogP contribution in [0.3, 0.4) is 0 Å². The lowest BCUT2D eigenvalue weighted by atomic mass is 10.1. The van der Waals surface area contributed by atoms with Crippen molar-refractivity contribution in [1.29, 1.82) is 0 Å². The molecule has 2 aromatic rings. The number of hydrogen-bond donors (Lipinski definition) is 1. The van der Waals surface area contributed by atoms with Gasteiger partial charge in [-0.15, -0.1) is 0 Å². The lowest BCUT2D eigenvalue weighted by molar-refractivity contribution is 0.168. The van der Waals surface area contributed by atoms with Gasteiger partial charge in [0.15, 0.2) is 0 Å². The summed E-state index contributed by atoms with van der Waals surface area (Å²) in [4.78, 5) is 18.0. The van der Waals surface area contributed by atoms with Gasteiger partial charge in [-0.05, 0) is 36.8 Å². The third-order valence-corrected chi connectivity index (χ3v) is 4.57. The van der Waals surface area contributed by atoms with E-state index >= 15 is 0 Å². The molecule has 2 amide bonds. The summed E-state index contributed by atoms with van der Waals surface area (Å²) in [5, 5.41) is 3.50. The fraction of sp³-hybridized carbons (Fsp3) is 0.350. The number of carbonyl (C=O) groups excluding carboxylic acids is 1. The molecule has 0 bridgehead atoms. The highest BCUT2D eigenvalue weighted by Crippen LogP contribution is 2.27. The van der Waals surface area contributed by atoms with E-state index in [9.17, 15) is 4.79 Å². The summed E-state index contributed by atoms with van der Waals surface area (Å²) < 4.78 is 0. The number of amides is 2. The summed E-state index contributed by atoms with van der Waals surface area (Å²) in [5.41, 5.74) is 4.62. The second-order valence-electron chi connectivity index (χ2n) is 6.64. The topological polar surface area (TPSA) is 38.8 Å². The molecule has 2 aromatic carbocycles. The predicted octanol–water partition coefficient (Wildman–Crippen LogP) is 3.54. The zero-order valence-electron chi connectivity index (χ0n) is 15.2. The maximum absolute atomic E-state index is 12.1. The largest absolute Gasteiger partial charge is 0.368 e. The second-order valence-corrected chi connectivity index (χ2v) is 6.64. The number of anilines is 3. The van der Waals surface area contributed by atoms with Crippen molar-refractivity contribution in [2.75, 3.05) is 50.5 Å². The van der Waals surface area contributed by atoms with Gasteiger partial charge in [0.05, 0.1) is 0 Å². The monoisotopic (exact) mass is 338 g/mol. The first-order valence-corrected chi connectivity index (χ1v) is 8.68. The Kier molecular flexibility index (Phi) is 5.12. The smallest absolute Gasteiger partial charge is 0.319 e. The van der Waals surface area contributed by atoms with Crippen LogP contribution in [0, 0.1) is 6.92 Å². The molecule has 132 valence electrons. The average molecular weight is 338 g/mol. The molecule has 5 nitrogen and oxygen atoms in total. The van der Waals surface area contributed by atoms with E-state index in [4.69, 9.17) is 0 Å². The van der Waals surface area contributed by atoms with Crippen molar-refractivity contribution >= 4 is 23.1 Å². The number of nitrogens with one attached hydrogen (secondary N) is 1. The maximum atomic E-state index is 12.1. The highest BCUT2D eigenvalue weighted by molar-refractivity contribution is 5.74. The minimum Gasteiger partial charge on any atom is -0.368 e. The number of urea groups is 1. The SMILES string of the molecule is Cc1ccc(N2CCN(C(=O)N(C)C)CC2)cc1Nc1ccccc1. The van der Waals surface area contributed by atoms with Gasteiger partial charge in [0.2, 0.25) is 0 Å². The zero-order chi connectivity index (χ0) is 17.8. The normalized spacial score (nSPS) is 14.4. The standard InChI is InChI=1S/C20H26N4O/c1-16-9-10-18(15-19(16)21-17-7-5-4-6-8-17)23-11-13-24(14-12-23)20(25)22(2)3/h4-10,15,21H,11-14H2,1-3H3. The van der Waals surface area contributed by atoms with E-state index in [2.05, 4.69) is 47.5 Å². The third kappa shape index (κ3) is 4.05. The Labute approximate surface area is 149 Å². The molecule has 1 heterocycles. The molecule has 3 rings (SSSR count). The molecule has 0 atom stereocenters. The average Bonchev–Trinajstić information content (AvgIpc) is 2.64. The van der Waals surface area contributed by atoms with Gasteiger partial charge in [0, 0.05) is 57.3 Å². The van der Waals surface area contributed by atoms with Crippen LogP contribution < -0.4 is 10.2 Å². The molecule has 1 N–H and O–H groups in total. The Morgan fingerprint density at radius 2 is 1.68 bits per heavy atom. The second kappa shape index (κ2) is 7.47. The fourth-order valence-electron chi connectivity index (χ4n) is 3.06. The van der Waals surface area contributed by atoms with Crippen LogP contribution in [-0.4, -0.2) is 56.1 Å². The van der Waals surface area contributed by atoms with Crippen LogP contribution >= 0.6 is 0 Å². The lowest BCUT2D eigenvalue weighted by Gasteiger charge is -2.37. The Hall–Kier alpha value is -2.69. The van der Waals surface area contributed by atoms with E-state index in [1.807, 2.05) is 23.1 Å². The van der Waals surface area contributed by atoms with Crippen LogP contribution in [0.5, 0.6) is 0 Å². The summed E-state index contributed by atoms with van der Waals surface area (Å²) in [6, 6.07) is 16.8. The van der Waals surface area contributed by atoms with Gasteiger partial charge in [-0.2, -0.15) is 0 Å². The number of benzene rings is 2. The molecule has 1 aliphatic heterocycles. The van der Waals surface area contributed by atoms with Gasteiger partial charge in [-0.1, -0.05) is 24.3 Å². The Bertz CT molecular complexity index is 722. The molecule has 1 saturated heterocycles. The van der Waals surface area contributed by atoms with Crippen molar-refractivity contribution in [3.05, 3.63) is 54.1 Å². The minimum absolute atomic E-state index is 0.0926.